The number of rotatable bonds is 5. The maximum Gasteiger partial charge on any atom is 0.435 e. The van der Waals surface area contributed by atoms with Crippen LogP contribution >= 0.6 is 0 Å². The largest absolute Gasteiger partial charge is 0.435 e. The fraction of sp³-hybridized carbons (Fsp3) is 0.700. The number of H-pyrrole nitrogens is 1. The predicted molar refractivity (Wildman–Crippen MR) is 109 cm³/mol. The molecule has 14 heteroatoms. The van der Waals surface area contributed by atoms with E-state index in [1.807, 2.05) is 0 Å². The predicted octanol–water partition coefficient (Wildman–Crippen LogP) is 5.28. The van der Waals surface area contributed by atoms with Crippen LogP contribution in [-0.2, 0) is 6.18 Å². The lowest BCUT2D eigenvalue weighted by Crippen LogP contribution is -2.39. The summed E-state index contributed by atoms with van der Waals surface area (Å²) in [7, 11) is 1.58. The van der Waals surface area contributed by atoms with Crippen molar-refractivity contribution >= 4 is 11.9 Å². The van der Waals surface area contributed by atoms with Crippen LogP contribution in [0.4, 0.5) is 42.6 Å². The highest BCUT2D eigenvalue weighted by molar-refractivity contribution is 5.61. The molecular weight excluding hydrogens is 471 g/mol. The van der Waals surface area contributed by atoms with Gasteiger partial charge in [0.2, 0.25) is 23.7 Å². The molecule has 7 nitrogen and oxygen atoms in total. The monoisotopic (exact) mass is 495 g/mol. The fourth-order valence-corrected chi connectivity index (χ4v) is 4.33. The molecule has 0 aromatic carbocycles. The summed E-state index contributed by atoms with van der Waals surface area (Å²) in [5.41, 5.74) is -1.62. The highest BCUT2D eigenvalue weighted by Gasteiger charge is 2.40. The molecule has 188 valence electrons. The van der Waals surface area contributed by atoms with Crippen molar-refractivity contribution in [2.45, 2.75) is 81.5 Å². The minimum atomic E-state index is -4.77. The number of halogens is 7. The van der Waals surface area contributed by atoms with Crippen LogP contribution in [0.3, 0.4) is 0 Å². The molecule has 2 aromatic heterocycles. The van der Waals surface area contributed by atoms with Crippen molar-refractivity contribution in [2.75, 3.05) is 17.3 Å². The molecule has 0 atom stereocenters. The molecular formula is C20H24F7N7. The van der Waals surface area contributed by atoms with Crippen LogP contribution in [0, 0.1) is 0 Å². The molecule has 0 unspecified atom stereocenters. The maximum atomic E-state index is 13.6. The second-order valence-corrected chi connectivity index (χ2v) is 8.90. The average molecular weight is 495 g/mol. The number of alkyl halides is 7. The molecule has 2 N–H and O–H groups in total. The SMILES string of the molecule is CN(c1nc(NC2CCC(F)(F)CC2)nc(-c2c[nH]nc2C(F)(F)F)n1)C1CCC(F)(F)CC1. The van der Waals surface area contributed by atoms with Crippen molar-refractivity contribution in [3.63, 3.8) is 0 Å². The van der Waals surface area contributed by atoms with Crippen molar-refractivity contribution < 1.29 is 30.7 Å². The first-order chi connectivity index (χ1) is 15.8. The number of aromatic amines is 1. The second kappa shape index (κ2) is 8.84. The standard InChI is InChI=1S/C20H24F7N7/c1-34(12-4-8-19(23,24)9-5-12)17-31-15(13-10-28-33-14(13)20(25,26)27)30-16(32-17)29-11-2-6-18(21,22)7-3-11/h10-12H,2-9H2,1H3,(H,28,33)(H,29,30,31,32). The van der Waals surface area contributed by atoms with Crippen LogP contribution in [0.1, 0.15) is 57.1 Å². The van der Waals surface area contributed by atoms with E-state index in [0.717, 1.165) is 6.20 Å². The summed E-state index contributed by atoms with van der Waals surface area (Å²) in [6, 6.07) is -0.740. The zero-order chi connectivity index (χ0) is 24.7. The first kappa shape index (κ1) is 24.5. The van der Waals surface area contributed by atoms with Gasteiger partial charge in [-0.3, -0.25) is 5.10 Å². The molecule has 2 saturated carbocycles. The molecule has 2 aliphatic rings. The van der Waals surface area contributed by atoms with Gasteiger partial charge >= 0.3 is 6.18 Å². The minimum Gasteiger partial charge on any atom is -0.351 e. The molecule has 0 spiro atoms. The van der Waals surface area contributed by atoms with E-state index in [1.54, 1.807) is 11.9 Å². The van der Waals surface area contributed by atoms with E-state index in [2.05, 4.69) is 30.5 Å². The minimum absolute atomic E-state index is 0.00169. The molecule has 0 bridgehead atoms. The Morgan fingerprint density at radius 3 is 2.12 bits per heavy atom. The summed E-state index contributed by atoms with van der Waals surface area (Å²) in [6.07, 6.45) is -4.47. The Hall–Kier alpha value is -2.67. The van der Waals surface area contributed by atoms with Gasteiger partial charge in [-0.05, 0) is 25.7 Å². The summed E-state index contributed by atoms with van der Waals surface area (Å²) in [5.74, 6) is -5.90. The first-order valence-corrected chi connectivity index (χ1v) is 11.0. The Kier molecular flexibility index (Phi) is 6.36. The van der Waals surface area contributed by atoms with E-state index in [-0.39, 0.29) is 75.1 Å². The third kappa shape index (κ3) is 5.52. The van der Waals surface area contributed by atoms with Gasteiger partial charge in [0.25, 0.3) is 0 Å². The zero-order valence-corrected chi connectivity index (χ0v) is 18.3. The molecule has 2 heterocycles. The van der Waals surface area contributed by atoms with Gasteiger partial charge in [-0.15, -0.1) is 0 Å². The van der Waals surface area contributed by atoms with E-state index >= 15 is 0 Å². The molecule has 34 heavy (non-hydrogen) atoms. The Bertz CT molecular complexity index is 987. The highest BCUT2D eigenvalue weighted by Crippen LogP contribution is 2.38. The van der Waals surface area contributed by atoms with Crippen LogP contribution in [0.5, 0.6) is 0 Å². The van der Waals surface area contributed by atoms with E-state index in [9.17, 15) is 30.7 Å². The van der Waals surface area contributed by atoms with Crippen molar-refractivity contribution in [1.82, 2.24) is 25.1 Å². The Morgan fingerprint density at radius 1 is 0.941 bits per heavy atom. The lowest BCUT2D eigenvalue weighted by Gasteiger charge is -2.34. The van der Waals surface area contributed by atoms with E-state index in [0.29, 0.717) is 0 Å². The van der Waals surface area contributed by atoms with Gasteiger partial charge in [0.05, 0.1) is 5.56 Å². The summed E-state index contributed by atoms with van der Waals surface area (Å²) in [5, 5.41) is 8.35. The number of nitrogens with one attached hydrogen (secondary N) is 2. The molecule has 0 radical (unpaired) electrons. The third-order valence-corrected chi connectivity index (χ3v) is 6.37. The molecule has 2 aromatic rings. The molecule has 0 amide bonds. The quantitative estimate of drug-likeness (QED) is 0.549. The van der Waals surface area contributed by atoms with E-state index < -0.39 is 35.3 Å². The Morgan fingerprint density at radius 2 is 1.53 bits per heavy atom. The zero-order valence-electron chi connectivity index (χ0n) is 18.3. The van der Waals surface area contributed by atoms with Crippen LogP contribution in [0.25, 0.3) is 11.4 Å². The van der Waals surface area contributed by atoms with Crippen LogP contribution in [-0.4, -0.2) is 56.1 Å². The summed E-state index contributed by atoms with van der Waals surface area (Å²) >= 11 is 0. The fourth-order valence-electron chi connectivity index (χ4n) is 4.33. The topological polar surface area (TPSA) is 82.6 Å². The smallest absolute Gasteiger partial charge is 0.351 e. The third-order valence-electron chi connectivity index (χ3n) is 6.37. The second-order valence-electron chi connectivity index (χ2n) is 8.90. The number of aromatic nitrogens is 5. The van der Waals surface area contributed by atoms with Crippen molar-refractivity contribution in [2.24, 2.45) is 0 Å². The molecule has 0 saturated heterocycles. The van der Waals surface area contributed by atoms with Crippen molar-refractivity contribution in [3.8, 4) is 11.4 Å². The molecule has 2 aliphatic carbocycles. The van der Waals surface area contributed by atoms with Gasteiger partial charge in [0, 0.05) is 51.0 Å². The van der Waals surface area contributed by atoms with Gasteiger partial charge in [-0.1, -0.05) is 0 Å². The van der Waals surface area contributed by atoms with Gasteiger partial charge in [0.1, 0.15) is 0 Å². The number of hydrogen-bond donors (Lipinski definition) is 2. The molecule has 4 rings (SSSR count). The van der Waals surface area contributed by atoms with Crippen LogP contribution in [0.2, 0.25) is 0 Å². The lowest BCUT2D eigenvalue weighted by molar-refractivity contribution is -0.140. The number of hydrogen-bond acceptors (Lipinski definition) is 6. The molecule has 0 aliphatic heterocycles. The average Bonchev–Trinajstić information content (AvgIpc) is 3.25. The van der Waals surface area contributed by atoms with Gasteiger partial charge < -0.3 is 10.2 Å². The normalized spacial score (nSPS) is 21.4. The first-order valence-electron chi connectivity index (χ1n) is 11.0. The van der Waals surface area contributed by atoms with Crippen LogP contribution in [0.15, 0.2) is 6.20 Å². The van der Waals surface area contributed by atoms with Crippen molar-refractivity contribution in [1.29, 1.82) is 0 Å². The summed E-state index contributed by atoms with van der Waals surface area (Å²) in [6.45, 7) is 0. The Balaban J connectivity index is 1.65. The van der Waals surface area contributed by atoms with E-state index in [4.69, 9.17) is 0 Å². The number of anilines is 2. The van der Waals surface area contributed by atoms with Gasteiger partial charge in [-0.2, -0.15) is 33.2 Å². The summed E-state index contributed by atoms with van der Waals surface area (Å²) < 4.78 is 94.4. The summed E-state index contributed by atoms with van der Waals surface area (Å²) in [4.78, 5) is 14.1. The highest BCUT2D eigenvalue weighted by atomic mass is 19.4. The van der Waals surface area contributed by atoms with Gasteiger partial charge in [-0.25, -0.2) is 17.6 Å². The Labute approximate surface area is 190 Å². The number of nitrogens with zero attached hydrogens (tertiary/aromatic N) is 5. The maximum absolute atomic E-state index is 13.6. The van der Waals surface area contributed by atoms with Gasteiger partial charge in [0.15, 0.2) is 11.5 Å². The van der Waals surface area contributed by atoms with Crippen molar-refractivity contribution in [3.05, 3.63) is 11.9 Å². The molecule has 2 fully saturated rings. The van der Waals surface area contributed by atoms with E-state index in [1.165, 1.54) is 0 Å². The lowest BCUT2D eigenvalue weighted by atomic mass is 9.91. The van der Waals surface area contributed by atoms with Crippen LogP contribution < -0.4 is 10.2 Å².